The molecule has 0 spiro atoms. The van der Waals surface area contributed by atoms with Crippen molar-refractivity contribution in [2.75, 3.05) is 7.05 Å². The number of carbonyl (C=O) groups excluding carboxylic acids is 1. The number of hydrogen-bond donors (Lipinski definition) is 2. The maximum Gasteiger partial charge on any atom is 0.371 e. The van der Waals surface area contributed by atoms with E-state index in [4.69, 9.17) is 9.52 Å². The van der Waals surface area contributed by atoms with Gasteiger partial charge < -0.3 is 19.7 Å². The number of carboxylic acid groups (broad SMARTS) is 1. The van der Waals surface area contributed by atoms with Crippen LogP contribution in [-0.4, -0.2) is 35.1 Å². The number of furan rings is 1. The highest BCUT2D eigenvalue weighted by molar-refractivity contribution is 5.84. The van der Waals surface area contributed by atoms with Crippen molar-refractivity contribution in [2.24, 2.45) is 5.92 Å². The molecule has 1 aromatic rings. The molecule has 1 aliphatic carbocycles. The van der Waals surface area contributed by atoms with E-state index in [-0.39, 0.29) is 24.4 Å². The van der Waals surface area contributed by atoms with E-state index in [1.165, 1.54) is 18.9 Å². The molecule has 2 amide bonds. The fourth-order valence-electron chi connectivity index (χ4n) is 1.96. The van der Waals surface area contributed by atoms with Crippen molar-refractivity contribution in [3.63, 3.8) is 0 Å². The van der Waals surface area contributed by atoms with Crippen molar-refractivity contribution < 1.29 is 19.1 Å². The first-order chi connectivity index (χ1) is 8.99. The molecular weight excluding hydrogens is 248 g/mol. The van der Waals surface area contributed by atoms with Crippen LogP contribution in [-0.2, 0) is 6.54 Å². The van der Waals surface area contributed by atoms with Crippen LogP contribution in [0.4, 0.5) is 4.79 Å². The molecule has 0 radical (unpaired) electrons. The van der Waals surface area contributed by atoms with E-state index in [1.807, 2.05) is 6.92 Å². The van der Waals surface area contributed by atoms with Crippen LogP contribution in [0.15, 0.2) is 16.5 Å². The van der Waals surface area contributed by atoms with Gasteiger partial charge in [0, 0.05) is 13.1 Å². The molecule has 19 heavy (non-hydrogen) atoms. The Morgan fingerprint density at radius 3 is 2.74 bits per heavy atom. The summed E-state index contributed by atoms with van der Waals surface area (Å²) >= 11 is 0. The minimum absolute atomic E-state index is 0.121. The van der Waals surface area contributed by atoms with Gasteiger partial charge >= 0.3 is 12.0 Å². The normalized spacial score (nSPS) is 15.9. The van der Waals surface area contributed by atoms with Crippen LogP contribution < -0.4 is 5.32 Å². The predicted molar refractivity (Wildman–Crippen MR) is 67.9 cm³/mol. The van der Waals surface area contributed by atoms with Gasteiger partial charge in [0.1, 0.15) is 5.76 Å². The number of rotatable bonds is 5. The van der Waals surface area contributed by atoms with E-state index in [1.54, 1.807) is 18.0 Å². The summed E-state index contributed by atoms with van der Waals surface area (Å²) in [4.78, 5) is 24.2. The zero-order chi connectivity index (χ0) is 14.0. The van der Waals surface area contributed by atoms with Crippen LogP contribution >= 0.6 is 0 Å². The van der Waals surface area contributed by atoms with E-state index < -0.39 is 5.97 Å². The van der Waals surface area contributed by atoms with E-state index in [0.29, 0.717) is 11.7 Å². The SMILES string of the molecule is CC(C1CC1)N(C)C(=O)NCc1ccc(C(=O)O)o1. The fraction of sp³-hybridized carbons (Fsp3) is 0.538. The molecule has 1 saturated carbocycles. The molecule has 2 rings (SSSR count). The van der Waals surface area contributed by atoms with E-state index in [0.717, 1.165) is 0 Å². The summed E-state index contributed by atoms with van der Waals surface area (Å²) in [5.41, 5.74) is 0. The maximum atomic E-state index is 11.9. The lowest BCUT2D eigenvalue weighted by molar-refractivity contribution is 0.0660. The van der Waals surface area contributed by atoms with Crippen molar-refractivity contribution in [1.29, 1.82) is 0 Å². The van der Waals surface area contributed by atoms with Gasteiger partial charge in [-0.05, 0) is 37.8 Å². The van der Waals surface area contributed by atoms with Crippen molar-refractivity contribution in [2.45, 2.75) is 32.4 Å². The average Bonchev–Trinajstić information content (AvgIpc) is 3.12. The Morgan fingerprint density at radius 2 is 2.21 bits per heavy atom. The van der Waals surface area contributed by atoms with E-state index in [9.17, 15) is 9.59 Å². The Morgan fingerprint density at radius 1 is 1.53 bits per heavy atom. The molecule has 1 fully saturated rings. The number of carbonyl (C=O) groups is 2. The number of nitrogens with zero attached hydrogens (tertiary/aromatic N) is 1. The van der Waals surface area contributed by atoms with Gasteiger partial charge in [-0.3, -0.25) is 0 Å². The molecule has 1 aliphatic rings. The Kier molecular flexibility index (Phi) is 3.78. The molecule has 6 nitrogen and oxygen atoms in total. The van der Waals surface area contributed by atoms with Crippen LogP contribution in [0, 0.1) is 5.92 Å². The van der Waals surface area contributed by atoms with Gasteiger partial charge in [-0.1, -0.05) is 0 Å². The Balaban J connectivity index is 1.83. The first-order valence-electron chi connectivity index (χ1n) is 6.31. The van der Waals surface area contributed by atoms with Crippen LogP contribution in [0.5, 0.6) is 0 Å². The van der Waals surface area contributed by atoms with Gasteiger partial charge in [-0.2, -0.15) is 0 Å². The standard InChI is InChI=1S/C13H18N2O4/c1-8(9-3-4-9)15(2)13(18)14-7-10-5-6-11(19-10)12(16)17/h5-6,8-9H,3-4,7H2,1-2H3,(H,14,18)(H,16,17). The van der Waals surface area contributed by atoms with Gasteiger partial charge in [-0.25, -0.2) is 9.59 Å². The highest BCUT2D eigenvalue weighted by Crippen LogP contribution is 2.34. The van der Waals surface area contributed by atoms with Crippen molar-refractivity contribution >= 4 is 12.0 Å². The smallest absolute Gasteiger partial charge is 0.371 e. The Hall–Kier alpha value is -1.98. The molecule has 1 heterocycles. The summed E-state index contributed by atoms with van der Waals surface area (Å²) in [5.74, 6) is -0.197. The lowest BCUT2D eigenvalue weighted by atomic mass is 10.2. The number of amides is 2. The topological polar surface area (TPSA) is 82.8 Å². The summed E-state index contributed by atoms with van der Waals surface area (Å²) in [6.07, 6.45) is 2.36. The summed E-state index contributed by atoms with van der Waals surface area (Å²) in [5, 5.41) is 11.4. The summed E-state index contributed by atoms with van der Waals surface area (Å²) < 4.78 is 5.06. The molecule has 0 aliphatic heterocycles. The van der Waals surface area contributed by atoms with Crippen molar-refractivity contribution in [1.82, 2.24) is 10.2 Å². The fourth-order valence-corrected chi connectivity index (χ4v) is 1.96. The molecule has 2 N–H and O–H groups in total. The molecule has 0 saturated heterocycles. The molecule has 6 heteroatoms. The third kappa shape index (κ3) is 3.27. The van der Waals surface area contributed by atoms with Crippen molar-refractivity contribution in [3.8, 4) is 0 Å². The molecule has 0 bridgehead atoms. The second-order valence-corrected chi connectivity index (χ2v) is 4.92. The summed E-state index contributed by atoms with van der Waals surface area (Å²) in [7, 11) is 1.77. The van der Waals surface area contributed by atoms with Gasteiger partial charge in [0.15, 0.2) is 0 Å². The number of urea groups is 1. The first kappa shape index (κ1) is 13.5. The number of carboxylic acids is 1. The lowest BCUT2D eigenvalue weighted by Crippen LogP contribution is -2.42. The number of hydrogen-bond acceptors (Lipinski definition) is 3. The molecule has 0 aromatic carbocycles. The first-order valence-corrected chi connectivity index (χ1v) is 6.31. The maximum absolute atomic E-state index is 11.9. The highest BCUT2D eigenvalue weighted by Gasteiger charge is 2.32. The van der Waals surface area contributed by atoms with E-state index >= 15 is 0 Å². The molecule has 1 unspecified atom stereocenters. The van der Waals surface area contributed by atoms with Crippen LogP contribution in [0.1, 0.15) is 36.1 Å². The second-order valence-electron chi connectivity index (χ2n) is 4.92. The van der Waals surface area contributed by atoms with Crippen LogP contribution in [0.3, 0.4) is 0 Å². The summed E-state index contributed by atoms with van der Waals surface area (Å²) in [6.45, 7) is 2.22. The van der Waals surface area contributed by atoms with Gasteiger partial charge in [0.2, 0.25) is 5.76 Å². The van der Waals surface area contributed by atoms with Gasteiger partial charge in [0.05, 0.1) is 6.54 Å². The zero-order valence-corrected chi connectivity index (χ0v) is 11.0. The quantitative estimate of drug-likeness (QED) is 0.852. The molecule has 104 valence electrons. The Labute approximate surface area is 111 Å². The third-order valence-electron chi connectivity index (χ3n) is 3.52. The van der Waals surface area contributed by atoms with Gasteiger partial charge in [-0.15, -0.1) is 0 Å². The number of aromatic carboxylic acids is 1. The highest BCUT2D eigenvalue weighted by atomic mass is 16.4. The summed E-state index contributed by atoms with van der Waals surface area (Å²) in [6, 6.07) is 2.98. The minimum atomic E-state index is -1.11. The zero-order valence-electron chi connectivity index (χ0n) is 11.0. The monoisotopic (exact) mass is 266 g/mol. The largest absolute Gasteiger partial charge is 0.475 e. The van der Waals surface area contributed by atoms with Crippen LogP contribution in [0.2, 0.25) is 0 Å². The number of nitrogens with one attached hydrogen (secondary N) is 1. The average molecular weight is 266 g/mol. The lowest BCUT2D eigenvalue weighted by Gasteiger charge is -2.24. The van der Waals surface area contributed by atoms with Gasteiger partial charge in [0.25, 0.3) is 0 Å². The van der Waals surface area contributed by atoms with Crippen molar-refractivity contribution in [3.05, 3.63) is 23.7 Å². The van der Waals surface area contributed by atoms with E-state index in [2.05, 4.69) is 5.32 Å². The van der Waals surface area contributed by atoms with Crippen LogP contribution in [0.25, 0.3) is 0 Å². The third-order valence-corrected chi connectivity index (χ3v) is 3.52. The molecule has 1 atom stereocenters. The second kappa shape index (κ2) is 5.34. The minimum Gasteiger partial charge on any atom is -0.475 e. The molecule has 1 aromatic heterocycles. The molecular formula is C13H18N2O4. The predicted octanol–water partition coefficient (Wildman–Crippen LogP) is 1.92. The Bertz CT molecular complexity index is 479.